The lowest BCUT2D eigenvalue weighted by Gasteiger charge is -2.10. The fourth-order valence-corrected chi connectivity index (χ4v) is 1.62. The summed E-state index contributed by atoms with van der Waals surface area (Å²) in [4.78, 5) is 0. The normalized spacial score (nSPS) is 12.9. The Kier molecular flexibility index (Phi) is 4.36. The van der Waals surface area contributed by atoms with Gasteiger partial charge in [0.25, 0.3) is 0 Å². The zero-order chi connectivity index (χ0) is 10.6. The molecule has 0 unspecified atom stereocenters. The summed E-state index contributed by atoms with van der Waals surface area (Å²) in [6.07, 6.45) is 1.78. The molecular formula is C11H14ClFO. The van der Waals surface area contributed by atoms with Gasteiger partial charge in [-0.3, -0.25) is 0 Å². The van der Waals surface area contributed by atoms with Crippen molar-refractivity contribution >= 4 is 11.6 Å². The molecule has 0 aromatic heterocycles. The first kappa shape index (κ1) is 11.5. The summed E-state index contributed by atoms with van der Waals surface area (Å²) in [7, 11) is 0. The van der Waals surface area contributed by atoms with Crippen molar-refractivity contribution in [2.24, 2.45) is 0 Å². The van der Waals surface area contributed by atoms with Crippen molar-refractivity contribution < 1.29 is 9.50 Å². The predicted octanol–water partition coefficient (Wildman–Crippen LogP) is 3.18. The molecule has 1 aromatic rings. The number of rotatable bonds is 4. The maximum Gasteiger partial charge on any atom is 0.124 e. The zero-order valence-corrected chi connectivity index (χ0v) is 8.89. The minimum atomic E-state index is -0.386. The van der Waals surface area contributed by atoms with Crippen LogP contribution < -0.4 is 0 Å². The van der Waals surface area contributed by atoms with E-state index in [4.69, 9.17) is 11.6 Å². The van der Waals surface area contributed by atoms with E-state index in [-0.39, 0.29) is 11.9 Å². The Bertz CT molecular complexity index is 301. The highest BCUT2D eigenvalue weighted by atomic mass is 35.5. The maximum absolute atomic E-state index is 12.7. The topological polar surface area (TPSA) is 20.2 Å². The molecule has 3 heteroatoms. The van der Waals surface area contributed by atoms with Crippen molar-refractivity contribution in [3.8, 4) is 0 Å². The fourth-order valence-electron chi connectivity index (χ4n) is 1.38. The number of benzene rings is 1. The van der Waals surface area contributed by atoms with Gasteiger partial charge >= 0.3 is 0 Å². The quantitative estimate of drug-likeness (QED) is 0.820. The van der Waals surface area contributed by atoms with Crippen molar-refractivity contribution in [1.82, 2.24) is 0 Å². The van der Waals surface area contributed by atoms with Crippen LogP contribution in [0.2, 0.25) is 5.02 Å². The highest BCUT2D eigenvalue weighted by Gasteiger charge is 2.08. The van der Waals surface area contributed by atoms with Gasteiger partial charge in [-0.05, 0) is 30.5 Å². The number of halogens is 2. The van der Waals surface area contributed by atoms with Crippen LogP contribution in [-0.4, -0.2) is 11.2 Å². The maximum atomic E-state index is 12.7. The summed E-state index contributed by atoms with van der Waals surface area (Å²) < 4.78 is 12.7. The number of hydrogen-bond acceptors (Lipinski definition) is 1. The minimum absolute atomic E-state index is 0.344. The van der Waals surface area contributed by atoms with Gasteiger partial charge in [0.1, 0.15) is 5.82 Å². The molecule has 1 nitrogen and oxygen atoms in total. The molecule has 14 heavy (non-hydrogen) atoms. The molecule has 0 fully saturated rings. The Morgan fingerprint density at radius 2 is 2.21 bits per heavy atom. The SMILES string of the molecule is CCC[C@@H](O)Cc1ccc(F)cc1Cl. The molecule has 0 aliphatic carbocycles. The van der Waals surface area contributed by atoms with E-state index < -0.39 is 0 Å². The van der Waals surface area contributed by atoms with Gasteiger partial charge < -0.3 is 5.11 Å². The third-order valence-corrected chi connectivity index (χ3v) is 2.44. The lowest BCUT2D eigenvalue weighted by atomic mass is 10.0. The van der Waals surface area contributed by atoms with Gasteiger partial charge in [0.2, 0.25) is 0 Å². The van der Waals surface area contributed by atoms with Crippen molar-refractivity contribution in [2.75, 3.05) is 0 Å². The van der Waals surface area contributed by atoms with Crippen LogP contribution in [0.15, 0.2) is 18.2 Å². The van der Waals surface area contributed by atoms with Crippen LogP contribution in [0.1, 0.15) is 25.3 Å². The van der Waals surface area contributed by atoms with E-state index in [0.717, 1.165) is 18.4 Å². The summed E-state index contributed by atoms with van der Waals surface area (Å²) in [5, 5.41) is 9.93. The van der Waals surface area contributed by atoms with Gasteiger partial charge in [-0.25, -0.2) is 4.39 Å². The zero-order valence-electron chi connectivity index (χ0n) is 8.13. The van der Waals surface area contributed by atoms with Gasteiger partial charge in [-0.1, -0.05) is 31.0 Å². The van der Waals surface area contributed by atoms with Gasteiger partial charge in [-0.2, -0.15) is 0 Å². The number of hydrogen-bond donors (Lipinski definition) is 1. The lowest BCUT2D eigenvalue weighted by molar-refractivity contribution is 0.164. The first-order valence-corrected chi connectivity index (χ1v) is 5.13. The van der Waals surface area contributed by atoms with Crippen molar-refractivity contribution in [3.05, 3.63) is 34.6 Å². The smallest absolute Gasteiger partial charge is 0.124 e. The molecule has 1 aromatic carbocycles. The molecule has 0 radical (unpaired) electrons. The largest absolute Gasteiger partial charge is 0.393 e. The van der Waals surface area contributed by atoms with Crippen LogP contribution in [0, 0.1) is 5.82 Å². The van der Waals surface area contributed by atoms with Crippen LogP contribution in [0.4, 0.5) is 4.39 Å². The molecule has 0 saturated heterocycles. The molecule has 0 spiro atoms. The molecule has 1 rings (SSSR count). The van der Waals surface area contributed by atoms with Crippen LogP contribution in [0.3, 0.4) is 0 Å². The third kappa shape index (κ3) is 3.28. The molecular weight excluding hydrogens is 203 g/mol. The van der Waals surface area contributed by atoms with Gasteiger partial charge in [0, 0.05) is 5.02 Å². The Hall–Kier alpha value is -0.600. The summed E-state index contributed by atoms with van der Waals surface area (Å²) in [6.45, 7) is 2.01. The van der Waals surface area contributed by atoms with E-state index in [1.807, 2.05) is 6.92 Å². The average molecular weight is 217 g/mol. The highest BCUT2D eigenvalue weighted by Crippen LogP contribution is 2.19. The molecule has 0 amide bonds. The molecule has 0 bridgehead atoms. The molecule has 1 N–H and O–H groups in total. The molecule has 0 heterocycles. The Balaban J connectivity index is 2.67. The van der Waals surface area contributed by atoms with E-state index in [1.54, 1.807) is 6.07 Å². The Labute approximate surface area is 88.5 Å². The first-order valence-electron chi connectivity index (χ1n) is 4.75. The second-order valence-corrected chi connectivity index (χ2v) is 3.79. The molecule has 78 valence electrons. The van der Waals surface area contributed by atoms with E-state index in [2.05, 4.69) is 0 Å². The average Bonchev–Trinajstić information content (AvgIpc) is 2.10. The first-order chi connectivity index (χ1) is 6.63. The van der Waals surface area contributed by atoms with E-state index >= 15 is 0 Å². The summed E-state index contributed by atoms with van der Waals surface area (Å²) in [5.74, 6) is -0.344. The molecule has 0 aliphatic heterocycles. The number of aliphatic hydroxyl groups is 1. The Morgan fingerprint density at radius 1 is 1.50 bits per heavy atom. The molecule has 0 aliphatic rings. The van der Waals surface area contributed by atoms with Crippen molar-refractivity contribution in [2.45, 2.75) is 32.3 Å². The van der Waals surface area contributed by atoms with Gasteiger partial charge in [0.15, 0.2) is 0 Å². The number of aliphatic hydroxyl groups excluding tert-OH is 1. The summed E-state index contributed by atoms with van der Waals surface area (Å²) in [6, 6.07) is 4.26. The van der Waals surface area contributed by atoms with Gasteiger partial charge in [-0.15, -0.1) is 0 Å². The Morgan fingerprint density at radius 3 is 2.79 bits per heavy atom. The van der Waals surface area contributed by atoms with E-state index in [0.29, 0.717) is 11.4 Å². The van der Waals surface area contributed by atoms with E-state index in [1.165, 1.54) is 12.1 Å². The van der Waals surface area contributed by atoms with Crippen molar-refractivity contribution in [1.29, 1.82) is 0 Å². The monoisotopic (exact) mass is 216 g/mol. The standard InChI is InChI=1S/C11H14ClFO/c1-2-3-10(14)6-8-4-5-9(13)7-11(8)12/h4-5,7,10,14H,2-3,6H2,1H3/t10-/m1/s1. The second kappa shape index (κ2) is 5.32. The molecule has 0 saturated carbocycles. The third-order valence-electron chi connectivity index (χ3n) is 2.09. The fraction of sp³-hybridized carbons (Fsp3) is 0.455. The van der Waals surface area contributed by atoms with Crippen molar-refractivity contribution in [3.63, 3.8) is 0 Å². The summed E-state index contributed by atoms with van der Waals surface area (Å²) in [5.41, 5.74) is 0.800. The summed E-state index contributed by atoms with van der Waals surface area (Å²) >= 11 is 5.82. The van der Waals surface area contributed by atoms with Crippen LogP contribution in [-0.2, 0) is 6.42 Å². The van der Waals surface area contributed by atoms with E-state index in [9.17, 15) is 9.50 Å². The lowest BCUT2D eigenvalue weighted by Crippen LogP contribution is -2.10. The predicted molar refractivity (Wildman–Crippen MR) is 56.0 cm³/mol. The second-order valence-electron chi connectivity index (χ2n) is 3.38. The highest BCUT2D eigenvalue weighted by molar-refractivity contribution is 6.31. The minimum Gasteiger partial charge on any atom is -0.393 e. The van der Waals surface area contributed by atoms with Gasteiger partial charge in [0.05, 0.1) is 6.10 Å². The van der Waals surface area contributed by atoms with Crippen LogP contribution >= 0.6 is 11.6 Å². The molecule has 1 atom stereocenters. The van der Waals surface area contributed by atoms with Crippen LogP contribution in [0.5, 0.6) is 0 Å². The van der Waals surface area contributed by atoms with Crippen LogP contribution in [0.25, 0.3) is 0 Å².